The molecule has 64 valence electrons. The van der Waals surface area contributed by atoms with Crippen molar-refractivity contribution in [3.05, 3.63) is 21.8 Å². The van der Waals surface area contributed by atoms with Crippen molar-refractivity contribution in [2.45, 2.75) is 33.1 Å². The van der Waals surface area contributed by atoms with Crippen LogP contribution in [0.3, 0.4) is 0 Å². The van der Waals surface area contributed by atoms with Crippen LogP contribution in [0.5, 0.6) is 0 Å². The SMILES string of the molecule is CCC/C(=C/C[N+](=O)[O-])CC. The highest BCUT2D eigenvalue weighted by Gasteiger charge is 1.95. The average Bonchev–Trinajstić information content (AvgIpc) is 1.97. The van der Waals surface area contributed by atoms with E-state index >= 15 is 0 Å². The van der Waals surface area contributed by atoms with Crippen molar-refractivity contribution >= 4 is 0 Å². The fourth-order valence-corrected chi connectivity index (χ4v) is 0.948. The summed E-state index contributed by atoms with van der Waals surface area (Å²) in [6.45, 7) is 4.08. The van der Waals surface area contributed by atoms with Gasteiger partial charge >= 0.3 is 0 Å². The van der Waals surface area contributed by atoms with E-state index in [-0.39, 0.29) is 11.5 Å². The van der Waals surface area contributed by atoms with Crippen molar-refractivity contribution in [3.8, 4) is 0 Å². The highest BCUT2D eigenvalue weighted by molar-refractivity contribution is 5.00. The lowest BCUT2D eigenvalue weighted by atomic mass is 10.1. The van der Waals surface area contributed by atoms with Crippen molar-refractivity contribution in [1.82, 2.24) is 0 Å². The quantitative estimate of drug-likeness (QED) is 0.349. The van der Waals surface area contributed by atoms with Crippen molar-refractivity contribution in [3.63, 3.8) is 0 Å². The lowest BCUT2D eigenvalue weighted by Gasteiger charge is -1.98. The van der Waals surface area contributed by atoms with E-state index < -0.39 is 0 Å². The molecule has 0 aromatic rings. The Labute approximate surface area is 67.3 Å². The van der Waals surface area contributed by atoms with Gasteiger partial charge in [-0.25, -0.2) is 0 Å². The normalized spacial score (nSPS) is 11.6. The van der Waals surface area contributed by atoms with E-state index in [1.807, 2.05) is 6.92 Å². The summed E-state index contributed by atoms with van der Waals surface area (Å²) in [6, 6.07) is 0. The van der Waals surface area contributed by atoms with Crippen LogP contribution in [0.2, 0.25) is 0 Å². The summed E-state index contributed by atoms with van der Waals surface area (Å²) in [6.07, 6.45) is 4.72. The standard InChI is InChI=1S/C8H15NO2/c1-3-5-8(4-2)6-7-9(10)11/h6H,3-5,7H2,1-2H3/b8-6+. The minimum Gasteiger partial charge on any atom is -0.264 e. The van der Waals surface area contributed by atoms with E-state index in [1.165, 1.54) is 5.57 Å². The smallest absolute Gasteiger partial charge is 0.222 e. The lowest BCUT2D eigenvalue weighted by Crippen LogP contribution is -1.97. The number of nitrogens with zero attached hydrogens (tertiary/aromatic N) is 1. The highest BCUT2D eigenvalue weighted by Crippen LogP contribution is 2.07. The van der Waals surface area contributed by atoms with Crippen LogP contribution in [0.25, 0.3) is 0 Å². The monoisotopic (exact) mass is 157 g/mol. The molecule has 3 heteroatoms. The molecular weight excluding hydrogens is 142 g/mol. The van der Waals surface area contributed by atoms with E-state index in [0.29, 0.717) is 0 Å². The molecule has 0 bridgehead atoms. The predicted molar refractivity (Wildman–Crippen MR) is 45.1 cm³/mol. The van der Waals surface area contributed by atoms with Gasteiger partial charge in [0.25, 0.3) is 0 Å². The topological polar surface area (TPSA) is 43.1 Å². The Hall–Kier alpha value is -0.860. The molecule has 3 nitrogen and oxygen atoms in total. The number of hydrogen-bond acceptors (Lipinski definition) is 2. The molecule has 0 atom stereocenters. The first-order valence-electron chi connectivity index (χ1n) is 4.00. The number of rotatable bonds is 5. The minimum absolute atomic E-state index is 0.0246. The highest BCUT2D eigenvalue weighted by atomic mass is 16.6. The molecule has 0 unspecified atom stereocenters. The first-order valence-corrected chi connectivity index (χ1v) is 4.00. The largest absolute Gasteiger partial charge is 0.264 e. The van der Waals surface area contributed by atoms with Gasteiger partial charge in [0.2, 0.25) is 6.54 Å². The van der Waals surface area contributed by atoms with E-state index in [0.717, 1.165) is 19.3 Å². The summed E-state index contributed by atoms with van der Waals surface area (Å²) in [5, 5.41) is 9.98. The molecule has 0 rings (SSSR count). The first-order chi connectivity index (χ1) is 5.20. The van der Waals surface area contributed by atoms with Crippen molar-refractivity contribution in [2.24, 2.45) is 0 Å². The molecular formula is C8H15NO2. The van der Waals surface area contributed by atoms with Gasteiger partial charge in [-0.15, -0.1) is 0 Å². The molecule has 0 aliphatic rings. The molecule has 0 amide bonds. The van der Waals surface area contributed by atoms with Crippen LogP contribution >= 0.6 is 0 Å². The molecule has 11 heavy (non-hydrogen) atoms. The van der Waals surface area contributed by atoms with Crippen LogP contribution in [-0.2, 0) is 0 Å². The molecule has 0 aromatic heterocycles. The van der Waals surface area contributed by atoms with Crippen molar-refractivity contribution < 1.29 is 4.92 Å². The third kappa shape index (κ3) is 5.58. The van der Waals surface area contributed by atoms with Gasteiger partial charge in [-0.05, 0) is 18.9 Å². The van der Waals surface area contributed by atoms with Crippen molar-refractivity contribution in [1.29, 1.82) is 0 Å². The molecule has 0 spiro atoms. The molecule has 0 saturated carbocycles. The molecule has 0 saturated heterocycles. The summed E-state index contributed by atoms with van der Waals surface area (Å²) in [5.74, 6) is 0. The lowest BCUT2D eigenvalue weighted by molar-refractivity contribution is -0.468. The van der Waals surface area contributed by atoms with Crippen molar-refractivity contribution in [2.75, 3.05) is 6.54 Å². The zero-order valence-corrected chi connectivity index (χ0v) is 7.17. The molecule has 0 aliphatic carbocycles. The van der Waals surface area contributed by atoms with Crippen LogP contribution < -0.4 is 0 Å². The second-order valence-electron chi connectivity index (χ2n) is 2.48. The van der Waals surface area contributed by atoms with Crippen LogP contribution in [0.15, 0.2) is 11.6 Å². The summed E-state index contributed by atoms with van der Waals surface area (Å²) in [4.78, 5) is 9.68. The molecule has 0 fully saturated rings. The first kappa shape index (κ1) is 10.1. The fraction of sp³-hybridized carbons (Fsp3) is 0.750. The average molecular weight is 157 g/mol. The fourth-order valence-electron chi connectivity index (χ4n) is 0.948. The summed E-state index contributed by atoms with van der Waals surface area (Å²) in [5.41, 5.74) is 1.20. The second kappa shape index (κ2) is 5.89. The van der Waals surface area contributed by atoms with Crippen LogP contribution in [0, 0.1) is 10.1 Å². The molecule has 0 aromatic carbocycles. The Balaban J connectivity index is 3.80. The van der Waals surface area contributed by atoms with Crippen LogP contribution in [-0.4, -0.2) is 11.5 Å². The van der Waals surface area contributed by atoms with E-state index in [2.05, 4.69) is 6.92 Å². The Morgan fingerprint density at radius 3 is 2.55 bits per heavy atom. The zero-order chi connectivity index (χ0) is 8.69. The number of hydrogen-bond donors (Lipinski definition) is 0. The Morgan fingerprint density at radius 1 is 1.55 bits per heavy atom. The summed E-state index contributed by atoms with van der Waals surface area (Å²) >= 11 is 0. The van der Waals surface area contributed by atoms with Gasteiger partial charge in [0.15, 0.2) is 0 Å². The molecule has 0 aliphatic heterocycles. The molecule has 0 N–H and O–H groups in total. The zero-order valence-electron chi connectivity index (χ0n) is 7.17. The third-order valence-electron chi connectivity index (χ3n) is 1.55. The number of nitro groups is 1. The van der Waals surface area contributed by atoms with Gasteiger partial charge in [0.05, 0.1) is 0 Å². The van der Waals surface area contributed by atoms with Gasteiger partial charge in [0, 0.05) is 4.92 Å². The predicted octanol–water partition coefficient (Wildman–Crippen LogP) is 2.40. The Bertz CT molecular complexity index is 152. The summed E-state index contributed by atoms with van der Waals surface area (Å²) in [7, 11) is 0. The molecule has 0 radical (unpaired) electrons. The Kier molecular flexibility index (Phi) is 5.43. The van der Waals surface area contributed by atoms with Gasteiger partial charge in [-0.1, -0.05) is 25.8 Å². The Morgan fingerprint density at radius 2 is 2.18 bits per heavy atom. The third-order valence-corrected chi connectivity index (χ3v) is 1.55. The maximum absolute atomic E-state index is 9.98. The van der Waals surface area contributed by atoms with Gasteiger partial charge in [-0.2, -0.15) is 0 Å². The van der Waals surface area contributed by atoms with Gasteiger partial charge in [-0.3, -0.25) is 10.1 Å². The van der Waals surface area contributed by atoms with Gasteiger partial charge < -0.3 is 0 Å². The maximum atomic E-state index is 9.98. The second-order valence-corrected chi connectivity index (χ2v) is 2.48. The van der Waals surface area contributed by atoms with E-state index in [4.69, 9.17) is 0 Å². The minimum atomic E-state index is -0.300. The van der Waals surface area contributed by atoms with E-state index in [1.54, 1.807) is 6.08 Å². The van der Waals surface area contributed by atoms with Gasteiger partial charge in [0.1, 0.15) is 0 Å². The van der Waals surface area contributed by atoms with Crippen LogP contribution in [0.4, 0.5) is 0 Å². The maximum Gasteiger partial charge on any atom is 0.222 e. The van der Waals surface area contributed by atoms with Crippen LogP contribution in [0.1, 0.15) is 33.1 Å². The number of allylic oxidation sites excluding steroid dienone is 1. The summed E-state index contributed by atoms with van der Waals surface area (Å²) < 4.78 is 0. The molecule has 0 heterocycles. The van der Waals surface area contributed by atoms with E-state index in [9.17, 15) is 10.1 Å².